The molecule has 2 nitrogen and oxygen atoms in total. The maximum Gasteiger partial charge on any atom is 0.159 e. The molecule has 2 aliphatic rings. The molecule has 0 spiro atoms. The lowest BCUT2D eigenvalue weighted by Gasteiger charge is -2.34. The minimum absolute atomic E-state index is 0.0926. The first-order valence-electron chi connectivity index (χ1n) is 8.04. The van der Waals surface area contributed by atoms with Crippen LogP contribution in [-0.2, 0) is 13.0 Å². The number of hydrogen-bond acceptors (Lipinski definition) is 2. The zero-order chi connectivity index (χ0) is 16.1. The molecule has 2 aromatic rings. The minimum atomic E-state index is -0.784. The zero-order valence-corrected chi connectivity index (χ0v) is 13.4. The summed E-state index contributed by atoms with van der Waals surface area (Å²) in [5.74, 6) is -1.46. The Morgan fingerprint density at radius 2 is 1.83 bits per heavy atom. The van der Waals surface area contributed by atoms with Crippen molar-refractivity contribution < 1.29 is 8.78 Å². The van der Waals surface area contributed by atoms with Gasteiger partial charge in [-0.3, -0.25) is 0 Å². The molecule has 2 aliphatic heterocycles. The molecule has 0 bridgehead atoms. The first-order valence-corrected chi connectivity index (χ1v) is 8.04. The lowest BCUT2D eigenvalue weighted by Crippen LogP contribution is -2.31. The first-order chi connectivity index (χ1) is 11.0. The maximum absolute atomic E-state index is 13.7. The fourth-order valence-corrected chi connectivity index (χ4v) is 4.01. The number of likely N-dealkylation sites (N-methyl/N-ethyl adjacent to an activating group) is 2. The second-order valence-electron chi connectivity index (χ2n) is 6.73. The van der Waals surface area contributed by atoms with E-state index in [1.165, 1.54) is 34.5 Å². The summed E-state index contributed by atoms with van der Waals surface area (Å²) in [7, 11) is 4.21. The van der Waals surface area contributed by atoms with Crippen LogP contribution in [0.2, 0.25) is 0 Å². The molecule has 23 heavy (non-hydrogen) atoms. The van der Waals surface area contributed by atoms with E-state index in [1.807, 2.05) is 0 Å². The van der Waals surface area contributed by atoms with E-state index in [4.69, 9.17) is 0 Å². The van der Waals surface area contributed by atoms with Crippen LogP contribution in [0.3, 0.4) is 0 Å². The van der Waals surface area contributed by atoms with Gasteiger partial charge in [-0.05, 0) is 53.9 Å². The molecule has 0 radical (unpaired) electrons. The summed E-state index contributed by atoms with van der Waals surface area (Å²) < 4.78 is 27.0. The largest absolute Gasteiger partial charge is 0.374 e. The smallest absolute Gasteiger partial charge is 0.159 e. The molecule has 0 aromatic heterocycles. The summed E-state index contributed by atoms with van der Waals surface area (Å²) in [5, 5.41) is 0. The summed E-state index contributed by atoms with van der Waals surface area (Å²) in [5.41, 5.74) is 6.22. The number of rotatable bonds is 1. The summed E-state index contributed by atoms with van der Waals surface area (Å²) in [6, 6.07) is 8.65. The van der Waals surface area contributed by atoms with Gasteiger partial charge in [0.05, 0.1) is 0 Å². The van der Waals surface area contributed by atoms with E-state index in [2.05, 4.69) is 36.0 Å². The predicted molar refractivity (Wildman–Crippen MR) is 88.0 cm³/mol. The Morgan fingerprint density at radius 1 is 1.00 bits per heavy atom. The molecular weight excluding hydrogens is 294 g/mol. The molecule has 0 N–H and O–H groups in total. The van der Waals surface area contributed by atoms with Crippen LogP contribution in [0, 0.1) is 11.6 Å². The van der Waals surface area contributed by atoms with Crippen molar-refractivity contribution in [1.82, 2.24) is 4.90 Å². The van der Waals surface area contributed by atoms with Crippen molar-refractivity contribution in [3.63, 3.8) is 0 Å². The van der Waals surface area contributed by atoms with Crippen LogP contribution in [0.1, 0.15) is 28.2 Å². The Kier molecular flexibility index (Phi) is 3.38. The van der Waals surface area contributed by atoms with Gasteiger partial charge < -0.3 is 9.80 Å². The number of fused-ring (bicyclic) bond motifs is 3. The second-order valence-corrected chi connectivity index (χ2v) is 6.73. The van der Waals surface area contributed by atoms with Gasteiger partial charge in [-0.1, -0.05) is 12.1 Å². The number of halogens is 2. The molecule has 0 saturated heterocycles. The van der Waals surface area contributed by atoms with Crippen molar-refractivity contribution in [2.45, 2.75) is 18.9 Å². The van der Waals surface area contributed by atoms with Gasteiger partial charge in [0.15, 0.2) is 11.6 Å². The Balaban J connectivity index is 1.84. The molecule has 2 heterocycles. The molecule has 0 saturated carbocycles. The van der Waals surface area contributed by atoms with Crippen LogP contribution < -0.4 is 4.90 Å². The van der Waals surface area contributed by atoms with Gasteiger partial charge in [0.2, 0.25) is 0 Å². The molecule has 0 aliphatic carbocycles. The second kappa shape index (κ2) is 5.31. The molecular formula is C19H20F2N2. The van der Waals surface area contributed by atoms with E-state index in [0.29, 0.717) is 0 Å². The summed E-state index contributed by atoms with van der Waals surface area (Å²) in [4.78, 5) is 4.56. The lowest BCUT2D eigenvalue weighted by molar-refractivity contribution is 0.294. The highest BCUT2D eigenvalue weighted by Crippen LogP contribution is 2.40. The Labute approximate surface area is 135 Å². The van der Waals surface area contributed by atoms with Crippen molar-refractivity contribution >= 4 is 5.69 Å². The van der Waals surface area contributed by atoms with E-state index < -0.39 is 11.6 Å². The molecule has 0 fully saturated rings. The third-order valence-corrected chi connectivity index (χ3v) is 5.19. The highest BCUT2D eigenvalue weighted by atomic mass is 19.2. The maximum atomic E-state index is 13.7. The standard InChI is InChI=1S/C19H20F2N2/c1-22-10-15(12-3-5-17(20)18(21)9-12)13-4-6-19-14(16(13)11-22)7-8-23(19)2/h3-6,9,15H,7-8,10-11H2,1-2H3. The van der Waals surface area contributed by atoms with Crippen LogP contribution in [0.25, 0.3) is 0 Å². The fraction of sp³-hybridized carbons (Fsp3) is 0.368. The van der Waals surface area contributed by atoms with E-state index in [1.54, 1.807) is 6.07 Å². The SMILES string of the molecule is CN1Cc2c(ccc3c2CCN3C)C(c2ccc(F)c(F)c2)C1. The molecule has 120 valence electrons. The molecule has 0 amide bonds. The van der Waals surface area contributed by atoms with Gasteiger partial charge in [-0.2, -0.15) is 0 Å². The monoisotopic (exact) mass is 314 g/mol. The lowest BCUT2D eigenvalue weighted by atomic mass is 9.82. The van der Waals surface area contributed by atoms with Gasteiger partial charge in [0, 0.05) is 38.3 Å². The van der Waals surface area contributed by atoms with Gasteiger partial charge in [0.25, 0.3) is 0 Å². The van der Waals surface area contributed by atoms with E-state index >= 15 is 0 Å². The van der Waals surface area contributed by atoms with Crippen LogP contribution in [0.5, 0.6) is 0 Å². The Morgan fingerprint density at radius 3 is 2.61 bits per heavy atom. The molecule has 2 aromatic carbocycles. The van der Waals surface area contributed by atoms with Crippen LogP contribution >= 0.6 is 0 Å². The van der Waals surface area contributed by atoms with Crippen molar-refractivity contribution in [2.75, 3.05) is 32.1 Å². The third kappa shape index (κ3) is 2.32. The molecule has 4 heteroatoms. The van der Waals surface area contributed by atoms with Crippen molar-refractivity contribution in [3.05, 3.63) is 64.2 Å². The average Bonchev–Trinajstić information content (AvgIpc) is 2.91. The zero-order valence-electron chi connectivity index (χ0n) is 13.4. The number of hydrogen-bond donors (Lipinski definition) is 0. The fourth-order valence-electron chi connectivity index (χ4n) is 4.01. The number of anilines is 1. The summed E-state index contributed by atoms with van der Waals surface area (Å²) >= 11 is 0. The molecule has 4 rings (SSSR count). The van der Waals surface area contributed by atoms with Crippen LogP contribution in [0.15, 0.2) is 30.3 Å². The number of nitrogens with zero attached hydrogens (tertiary/aromatic N) is 2. The Hall–Kier alpha value is -1.94. The first kappa shape index (κ1) is 14.6. The molecule has 1 atom stereocenters. The third-order valence-electron chi connectivity index (χ3n) is 5.19. The highest BCUT2D eigenvalue weighted by molar-refractivity contribution is 5.64. The van der Waals surface area contributed by atoms with Gasteiger partial charge >= 0.3 is 0 Å². The normalized spacial score (nSPS) is 20.5. The topological polar surface area (TPSA) is 6.48 Å². The van der Waals surface area contributed by atoms with Gasteiger partial charge in [-0.15, -0.1) is 0 Å². The van der Waals surface area contributed by atoms with Crippen LogP contribution in [-0.4, -0.2) is 32.1 Å². The van der Waals surface area contributed by atoms with E-state index in [-0.39, 0.29) is 5.92 Å². The van der Waals surface area contributed by atoms with Crippen LogP contribution in [0.4, 0.5) is 14.5 Å². The minimum Gasteiger partial charge on any atom is -0.374 e. The quantitative estimate of drug-likeness (QED) is 0.794. The Bertz CT molecular complexity index is 772. The number of benzene rings is 2. The van der Waals surface area contributed by atoms with Crippen molar-refractivity contribution in [2.24, 2.45) is 0 Å². The summed E-state index contributed by atoms with van der Waals surface area (Å²) in [6.45, 7) is 2.80. The predicted octanol–water partition coefficient (Wildman–Crippen LogP) is 3.53. The average molecular weight is 314 g/mol. The van der Waals surface area contributed by atoms with Crippen molar-refractivity contribution in [3.8, 4) is 0 Å². The molecule has 1 unspecified atom stereocenters. The van der Waals surface area contributed by atoms with Gasteiger partial charge in [0.1, 0.15) is 0 Å². The van der Waals surface area contributed by atoms with E-state index in [0.717, 1.165) is 31.6 Å². The van der Waals surface area contributed by atoms with Gasteiger partial charge in [-0.25, -0.2) is 8.78 Å². The summed E-state index contributed by atoms with van der Waals surface area (Å²) in [6.07, 6.45) is 1.06. The van der Waals surface area contributed by atoms with E-state index in [9.17, 15) is 8.78 Å². The van der Waals surface area contributed by atoms with Crippen molar-refractivity contribution in [1.29, 1.82) is 0 Å². The highest BCUT2D eigenvalue weighted by Gasteiger charge is 2.30.